The number of nitrogens with one attached hydrogen (secondary N) is 2. The summed E-state index contributed by atoms with van der Waals surface area (Å²) >= 11 is 0. The molecule has 2 atom stereocenters. The molecule has 256 valence electrons. The Bertz CT molecular complexity index is 1750. The molecule has 48 heavy (non-hydrogen) atoms. The molecule has 0 saturated carbocycles. The Balaban J connectivity index is 0.000000266. The van der Waals surface area contributed by atoms with Gasteiger partial charge in [-0.05, 0) is 38.8 Å². The minimum absolute atomic E-state index is 0. The van der Waals surface area contributed by atoms with E-state index >= 15 is 0 Å². The standard InChI is InChI=1S/C14H13N3O5.C8H3NO5.C6H10N2O2.BrH.H2O/c1-14(6-5-10(18)15-7-14)16-12(19)8-3-2-4-9(17(21)22)11(8)13(16)20;10-7-4-2-1-3-5(9(12)13)6(4)8(11)14-7;1-6(7)3-2-4(9)8-5(6)10;;/h2-4H,5-7H2,1H3,(H,15,18);1-3H;2-3,7H2,1H3,(H,8,9,10);1H;1H2/t14-;;6-;;/m0.0../s1. The summed E-state index contributed by atoms with van der Waals surface area (Å²) in [4.78, 5) is 101. The van der Waals surface area contributed by atoms with Crippen LogP contribution in [-0.4, -0.2) is 79.3 Å². The topological polar surface area (TPSA) is 300 Å². The molecule has 6 rings (SSSR count). The molecule has 0 unspecified atom stereocenters. The lowest BCUT2D eigenvalue weighted by Crippen LogP contribution is -2.59. The fourth-order valence-electron chi connectivity index (χ4n) is 5.04. The van der Waals surface area contributed by atoms with Gasteiger partial charge < -0.3 is 21.3 Å². The minimum Gasteiger partial charge on any atom is -0.412 e. The van der Waals surface area contributed by atoms with Gasteiger partial charge in [0, 0.05) is 31.5 Å². The number of nitrogens with two attached hydrogens (primary N) is 1. The zero-order valence-electron chi connectivity index (χ0n) is 25.2. The lowest BCUT2D eigenvalue weighted by Gasteiger charge is -2.40. The quantitative estimate of drug-likeness (QED) is 0.128. The zero-order valence-corrected chi connectivity index (χ0v) is 26.9. The SMILES string of the molecule is Br.C[C@]1(N)CCC(=O)NC1=O.C[C@]1(N2C(=O)c3cccc([N+](=O)[O-])c3C2=O)CCC(=O)NC1.O.O=C1OC(=O)c2c1cccc2[N+](=O)[O-]. The number of amides is 5. The number of imide groups is 2. The van der Waals surface area contributed by atoms with Gasteiger partial charge in [-0.2, -0.15) is 0 Å². The lowest BCUT2D eigenvalue weighted by molar-refractivity contribution is -0.385. The van der Waals surface area contributed by atoms with Gasteiger partial charge in [0.2, 0.25) is 17.7 Å². The Morgan fingerprint density at radius 3 is 1.83 bits per heavy atom. The van der Waals surface area contributed by atoms with Crippen LogP contribution in [0, 0.1) is 20.2 Å². The van der Waals surface area contributed by atoms with Gasteiger partial charge in [-0.1, -0.05) is 12.1 Å². The van der Waals surface area contributed by atoms with Crippen LogP contribution in [0.4, 0.5) is 11.4 Å². The minimum atomic E-state index is -0.961. The third-order valence-corrected chi connectivity index (χ3v) is 7.68. The number of hydrogen-bond acceptors (Lipinski definition) is 13. The molecular formula is C28H29BrN6O13. The number of nitro benzene ring substituents is 2. The van der Waals surface area contributed by atoms with Crippen LogP contribution >= 0.6 is 17.0 Å². The van der Waals surface area contributed by atoms with Crippen LogP contribution in [0.25, 0.3) is 0 Å². The summed E-state index contributed by atoms with van der Waals surface area (Å²) in [6, 6.07) is 7.80. The van der Waals surface area contributed by atoms with Gasteiger partial charge in [0.15, 0.2) is 5.56 Å². The predicted octanol–water partition coefficient (Wildman–Crippen LogP) is 0.658. The first-order valence-corrected chi connectivity index (χ1v) is 13.6. The number of benzene rings is 2. The molecule has 0 aliphatic carbocycles. The maximum absolute atomic E-state index is 12.6. The van der Waals surface area contributed by atoms with Crippen LogP contribution in [0.3, 0.4) is 0 Å². The van der Waals surface area contributed by atoms with Crippen molar-refractivity contribution in [2.75, 3.05) is 6.54 Å². The Labute approximate surface area is 280 Å². The highest BCUT2D eigenvalue weighted by molar-refractivity contribution is 8.93. The number of carbonyl (C=O) groups is 7. The van der Waals surface area contributed by atoms with Crippen LogP contribution in [0.15, 0.2) is 36.4 Å². The Kier molecular flexibility index (Phi) is 11.7. The summed E-state index contributed by atoms with van der Waals surface area (Å²) in [5, 5.41) is 26.4. The van der Waals surface area contributed by atoms with Crippen LogP contribution in [-0.2, 0) is 19.1 Å². The number of hydrogen-bond donors (Lipinski definition) is 3. The van der Waals surface area contributed by atoms with E-state index in [9.17, 15) is 53.8 Å². The number of nitrogens with zero attached hydrogens (tertiary/aromatic N) is 3. The summed E-state index contributed by atoms with van der Waals surface area (Å²) in [6.07, 6.45) is 1.32. The number of halogens is 1. The number of fused-ring (bicyclic) bond motifs is 2. The zero-order chi connectivity index (χ0) is 34.1. The molecule has 0 radical (unpaired) electrons. The molecule has 2 fully saturated rings. The molecule has 5 amide bonds. The molecule has 20 heteroatoms. The van der Waals surface area contributed by atoms with Crippen molar-refractivity contribution in [1.29, 1.82) is 0 Å². The van der Waals surface area contributed by atoms with E-state index in [1.165, 1.54) is 30.3 Å². The molecule has 4 aliphatic heterocycles. The molecule has 4 aliphatic rings. The Hall–Kier alpha value is -5.47. The number of esters is 2. The Morgan fingerprint density at radius 2 is 1.33 bits per heavy atom. The van der Waals surface area contributed by atoms with E-state index in [4.69, 9.17) is 5.73 Å². The number of piperidine rings is 2. The number of carbonyl (C=O) groups excluding carboxylic acids is 7. The summed E-state index contributed by atoms with van der Waals surface area (Å²) in [7, 11) is 0. The molecule has 0 spiro atoms. The molecule has 2 saturated heterocycles. The fraction of sp³-hybridized carbons (Fsp3) is 0.321. The van der Waals surface area contributed by atoms with Crippen LogP contribution in [0.1, 0.15) is 81.0 Å². The third kappa shape index (κ3) is 7.40. The van der Waals surface area contributed by atoms with E-state index in [0.717, 1.165) is 11.0 Å². The fourth-order valence-corrected chi connectivity index (χ4v) is 5.04. The monoisotopic (exact) mass is 736 g/mol. The second-order valence-electron chi connectivity index (χ2n) is 11.1. The molecular weight excluding hydrogens is 708 g/mol. The highest BCUT2D eigenvalue weighted by atomic mass is 79.9. The smallest absolute Gasteiger partial charge is 0.353 e. The normalized spacial score (nSPS) is 22.1. The van der Waals surface area contributed by atoms with Gasteiger partial charge in [-0.15, -0.1) is 17.0 Å². The summed E-state index contributed by atoms with van der Waals surface area (Å²) in [5.41, 5.74) is 2.56. The van der Waals surface area contributed by atoms with Gasteiger partial charge in [-0.25, -0.2) is 9.59 Å². The van der Waals surface area contributed by atoms with Crippen LogP contribution in [0.5, 0.6) is 0 Å². The van der Waals surface area contributed by atoms with Gasteiger partial charge in [0.05, 0.1) is 32.1 Å². The van der Waals surface area contributed by atoms with Crippen molar-refractivity contribution in [3.05, 3.63) is 78.9 Å². The average Bonchev–Trinajstić information content (AvgIpc) is 3.44. The first-order chi connectivity index (χ1) is 21.5. The van der Waals surface area contributed by atoms with Crippen molar-refractivity contribution in [2.45, 2.75) is 50.6 Å². The summed E-state index contributed by atoms with van der Waals surface area (Å²) < 4.78 is 4.24. The van der Waals surface area contributed by atoms with Crippen LogP contribution in [0.2, 0.25) is 0 Å². The highest BCUT2D eigenvalue weighted by Gasteiger charge is 2.50. The summed E-state index contributed by atoms with van der Waals surface area (Å²) in [5.74, 6) is -3.77. The molecule has 6 N–H and O–H groups in total. The molecule has 0 bridgehead atoms. The number of rotatable bonds is 3. The maximum Gasteiger partial charge on any atom is 0.353 e. The third-order valence-electron chi connectivity index (χ3n) is 7.68. The van der Waals surface area contributed by atoms with Crippen molar-refractivity contribution in [3.63, 3.8) is 0 Å². The predicted molar refractivity (Wildman–Crippen MR) is 166 cm³/mol. The van der Waals surface area contributed by atoms with E-state index in [0.29, 0.717) is 19.3 Å². The second kappa shape index (κ2) is 14.5. The molecule has 2 aromatic rings. The molecule has 4 heterocycles. The van der Waals surface area contributed by atoms with E-state index in [1.807, 2.05) is 0 Å². The van der Waals surface area contributed by atoms with Crippen molar-refractivity contribution in [2.24, 2.45) is 5.73 Å². The van der Waals surface area contributed by atoms with E-state index in [1.54, 1.807) is 13.8 Å². The lowest BCUT2D eigenvalue weighted by atomic mass is 9.90. The van der Waals surface area contributed by atoms with E-state index < -0.39 is 50.4 Å². The molecule has 19 nitrogen and oxygen atoms in total. The Morgan fingerprint density at radius 1 is 0.792 bits per heavy atom. The number of cyclic esters (lactones) is 2. The van der Waals surface area contributed by atoms with Crippen molar-refractivity contribution >= 4 is 69.8 Å². The molecule has 2 aromatic carbocycles. The number of nitro groups is 2. The van der Waals surface area contributed by atoms with E-state index in [2.05, 4.69) is 15.4 Å². The maximum atomic E-state index is 12.6. The van der Waals surface area contributed by atoms with Crippen molar-refractivity contribution in [3.8, 4) is 0 Å². The van der Waals surface area contributed by atoms with Crippen molar-refractivity contribution < 1.29 is 53.6 Å². The van der Waals surface area contributed by atoms with Gasteiger partial charge in [-0.3, -0.25) is 54.4 Å². The van der Waals surface area contributed by atoms with Crippen LogP contribution < -0.4 is 16.4 Å². The average molecular weight is 737 g/mol. The highest BCUT2D eigenvalue weighted by Crippen LogP contribution is 2.37. The molecule has 0 aromatic heterocycles. The largest absolute Gasteiger partial charge is 0.412 e. The number of ether oxygens (including phenoxy) is 1. The van der Waals surface area contributed by atoms with Crippen molar-refractivity contribution in [1.82, 2.24) is 15.5 Å². The van der Waals surface area contributed by atoms with E-state index in [-0.39, 0.29) is 81.1 Å². The van der Waals surface area contributed by atoms with Gasteiger partial charge in [0.25, 0.3) is 23.2 Å². The van der Waals surface area contributed by atoms with Gasteiger partial charge in [0.1, 0.15) is 5.56 Å². The first kappa shape index (κ1) is 38.7. The second-order valence-corrected chi connectivity index (χ2v) is 11.1. The van der Waals surface area contributed by atoms with Gasteiger partial charge >= 0.3 is 11.9 Å². The first-order valence-electron chi connectivity index (χ1n) is 13.6. The summed E-state index contributed by atoms with van der Waals surface area (Å²) in [6.45, 7) is 3.46.